The van der Waals surface area contributed by atoms with Crippen LogP contribution in [0.5, 0.6) is 5.75 Å². The van der Waals surface area contributed by atoms with E-state index in [2.05, 4.69) is 32.3 Å². The molecule has 0 radical (unpaired) electrons. The largest absolute Gasteiger partial charge is 0.422 e. The lowest BCUT2D eigenvalue weighted by molar-refractivity contribution is -0.117. The quantitative estimate of drug-likeness (QED) is 0.458. The predicted molar refractivity (Wildman–Crippen MR) is 102 cm³/mol. The summed E-state index contributed by atoms with van der Waals surface area (Å²) in [5.74, 6) is -0.177. The van der Waals surface area contributed by atoms with Crippen LogP contribution in [0.4, 0.5) is 0 Å². The van der Waals surface area contributed by atoms with Gasteiger partial charge in [0.15, 0.2) is 5.75 Å². The number of carbonyl (C=O) groups is 2. The average molecular weight is 357 g/mol. The normalized spacial score (nSPS) is 12.0. The molecule has 0 aliphatic heterocycles. The molecule has 1 aromatic heterocycles. The van der Waals surface area contributed by atoms with E-state index in [0.717, 1.165) is 5.56 Å². The molecule has 138 valence electrons. The molecule has 1 aromatic rings. The van der Waals surface area contributed by atoms with E-state index in [0.29, 0.717) is 17.9 Å². The number of ether oxygens (including phenoxy) is 1. The number of allylic oxidation sites excluding steroid dienone is 1. The van der Waals surface area contributed by atoms with Gasteiger partial charge in [-0.05, 0) is 39.1 Å². The van der Waals surface area contributed by atoms with Gasteiger partial charge in [0, 0.05) is 31.4 Å². The maximum absolute atomic E-state index is 11.7. The minimum Gasteiger partial charge on any atom is -0.422 e. The molecule has 1 heterocycles. The van der Waals surface area contributed by atoms with Crippen molar-refractivity contribution < 1.29 is 14.3 Å². The van der Waals surface area contributed by atoms with Crippen LogP contribution in [0.3, 0.4) is 0 Å². The second-order valence-electron chi connectivity index (χ2n) is 4.99. The highest BCUT2D eigenvalue weighted by Gasteiger charge is 2.11. The monoisotopic (exact) mass is 357 g/mol. The van der Waals surface area contributed by atoms with Crippen molar-refractivity contribution in [2.24, 2.45) is 9.98 Å². The SMILES string of the molecule is C=NC(=N/C(=C\C)C(=O)NC)Oc1cncc(/C=C/C(=O)NCC)c1C. The summed E-state index contributed by atoms with van der Waals surface area (Å²) >= 11 is 0. The standard InChI is InChI=1S/C18H23N5O3/c1-6-14(17(25)19-4)23-18(20-5)26-15-11-21-10-13(12(15)3)8-9-16(24)22-7-2/h6,8-11H,5,7H2,1-4H3,(H,19,25)(H,22,24)/b9-8+,14-6-,23-18?. The highest BCUT2D eigenvalue weighted by molar-refractivity contribution is 5.96. The van der Waals surface area contributed by atoms with Crippen molar-refractivity contribution in [2.45, 2.75) is 20.8 Å². The van der Waals surface area contributed by atoms with Gasteiger partial charge in [-0.1, -0.05) is 6.08 Å². The summed E-state index contributed by atoms with van der Waals surface area (Å²) in [6, 6.07) is -0.0866. The van der Waals surface area contributed by atoms with Crippen molar-refractivity contribution in [2.75, 3.05) is 13.6 Å². The van der Waals surface area contributed by atoms with Crippen molar-refractivity contribution in [3.63, 3.8) is 0 Å². The van der Waals surface area contributed by atoms with Crippen LogP contribution in [-0.2, 0) is 9.59 Å². The van der Waals surface area contributed by atoms with E-state index in [-0.39, 0.29) is 23.5 Å². The van der Waals surface area contributed by atoms with E-state index >= 15 is 0 Å². The molecule has 2 amide bonds. The number of hydrogen-bond acceptors (Lipinski definition) is 5. The Balaban J connectivity index is 3.09. The van der Waals surface area contributed by atoms with Gasteiger partial charge in [0.2, 0.25) is 5.91 Å². The number of amides is 2. The van der Waals surface area contributed by atoms with Crippen molar-refractivity contribution in [3.05, 3.63) is 41.4 Å². The topological polar surface area (TPSA) is 105 Å². The van der Waals surface area contributed by atoms with Crippen LogP contribution in [0.2, 0.25) is 0 Å². The van der Waals surface area contributed by atoms with E-state index in [1.807, 2.05) is 13.8 Å². The Morgan fingerprint density at radius 2 is 2.12 bits per heavy atom. The minimum atomic E-state index is -0.370. The zero-order chi connectivity index (χ0) is 19.5. The van der Waals surface area contributed by atoms with Crippen LogP contribution in [0.15, 0.2) is 40.2 Å². The number of aliphatic imine (C=N–C) groups is 2. The highest BCUT2D eigenvalue weighted by atomic mass is 16.5. The number of nitrogens with one attached hydrogen (secondary N) is 2. The molecule has 0 bridgehead atoms. The maximum atomic E-state index is 11.7. The van der Waals surface area contributed by atoms with E-state index in [1.54, 1.807) is 19.2 Å². The van der Waals surface area contributed by atoms with Crippen LogP contribution in [0.25, 0.3) is 6.08 Å². The third kappa shape index (κ3) is 5.97. The first-order chi connectivity index (χ1) is 12.5. The van der Waals surface area contributed by atoms with Gasteiger partial charge >= 0.3 is 6.02 Å². The van der Waals surface area contributed by atoms with Crippen LogP contribution >= 0.6 is 0 Å². The lowest BCUT2D eigenvalue weighted by Crippen LogP contribution is -2.20. The van der Waals surface area contributed by atoms with E-state index in [1.165, 1.54) is 25.4 Å². The van der Waals surface area contributed by atoms with Gasteiger partial charge in [-0.3, -0.25) is 14.6 Å². The molecular weight excluding hydrogens is 334 g/mol. The molecule has 0 atom stereocenters. The molecule has 8 heteroatoms. The lowest BCUT2D eigenvalue weighted by Gasteiger charge is -2.09. The summed E-state index contributed by atoms with van der Waals surface area (Å²) in [6.45, 7) is 9.28. The number of likely N-dealkylation sites (N-methyl/N-ethyl adjacent to an activating group) is 2. The molecule has 26 heavy (non-hydrogen) atoms. The van der Waals surface area contributed by atoms with Gasteiger partial charge in [0.05, 0.1) is 6.20 Å². The molecule has 0 spiro atoms. The molecular formula is C18H23N5O3. The number of pyridine rings is 1. The number of amidine groups is 1. The van der Waals surface area contributed by atoms with Gasteiger partial charge in [-0.15, -0.1) is 0 Å². The molecule has 2 N–H and O–H groups in total. The van der Waals surface area contributed by atoms with E-state index < -0.39 is 0 Å². The third-order valence-corrected chi connectivity index (χ3v) is 3.26. The molecule has 0 saturated heterocycles. The highest BCUT2D eigenvalue weighted by Crippen LogP contribution is 2.21. The lowest BCUT2D eigenvalue weighted by atomic mass is 10.1. The smallest absolute Gasteiger partial charge is 0.322 e. The number of rotatable bonds is 6. The van der Waals surface area contributed by atoms with Gasteiger partial charge in [0.1, 0.15) is 5.70 Å². The van der Waals surface area contributed by atoms with Gasteiger partial charge in [-0.2, -0.15) is 4.99 Å². The van der Waals surface area contributed by atoms with Crippen molar-refractivity contribution in [1.82, 2.24) is 15.6 Å². The second kappa shape index (κ2) is 10.5. The minimum absolute atomic E-state index is 0.0866. The zero-order valence-electron chi connectivity index (χ0n) is 15.4. The van der Waals surface area contributed by atoms with Crippen molar-refractivity contribution >= 4 is 30.6 Å². The summed E-state index contributed by atoms with van der Waals surface area (Å²) in [5.41, 5.74) is 1.58. The van der Waals surface area contributed by atoms with Crippen LogP contribution < -0.4 is 15.4 Å². The zero-order valence-corrected chi connectivity index (χ0v) is 15.4. The van der Waals surface area contributed by atoms with Crippen LogP contribution in [-0.4, -0.2) is 43.1 Å². The molecule has 0 saturated carbocycles. The molecule has 0 aliphatic carbocycles. The first kappa shape index (κ1) is 20.8. The van der Waals surface area contributed by atoms with E-state index in [4.69, 9.17) is 4.74 Å². The maximum Gasteiger partial charge on any atom is 0.322 e. The Bertz CT molecular complexity index is 766. The Hall–Kier alpha value is -3.29. The molecule has 0 unspecified atom stereocenters. The summed E-state index contributed by atoms with van der Waals surface area (Å²) in [4.78, 5) is 35.1. The molecule has 8 nitrogen and oxygen atoms in total. The number of hydrogen-bond donors (Lipinski definition) is 2. The Labute approximate surface area is 152 Å². The van der Waals surface area contributed by atoms with Gasteiger partial charge < -0.3 is 15.4 Å². The third-order valence-electron chi connectivity index (χ3n) is 3.26. The van der Waals surface area contributed by atoms with Crippen LogP contribution in [0, 0.1) is 6.92 Å². The summed E-state index contributed by atoms with van der Waals surface area (Å²) < 4.78 is 5.62. The Morgan fingerprint density at radius 1 is 1.38 bits per heavy atom. The Kier molecular flexibility index (Phi) is 8.42. The molecule has 0 fully saturated rings. The molecule has 1 rings (SSSR count). The predicted octanol–water partition coefficient (Wildman–Crippen LogP) is 1.62. The first-order valence-corrected chi connectivity index (χ1v) is 7.98. The Morgan fingerprint density at radius 3 is 2.69 bits per heavy atom. The van der Waals surface area contributed by atoms with Gasteiger partial charge in [0.25, 0.3) is 5.91 Å². The summed E-state index contributed by atoms with van der Waals surface area (Å²) in [6.07, 6.45) is 7.69. The van der Waals surface area contributed by atoms with Crippen LogP contribution in [0.1, 0.15) is 25.0 Å². The summed E-state index contributed by atoms with van der Waals surface area (Å²) in [5, 5.41) is 5.15. The second-order valence-corrected chi connectivity index (χ2v) is 4.99. The fourth-order valence-electron chi connectivity index (χ4n) is 1.86. The van der Waals surface area contributed by atoms with Gasteiger partial charge in [-0.25, -0.2) is 4.99 Å². The number of carbonyl (C=O) groups excluding carboxylic acids is 2. The summed E-state index contributed by atoms with van der Waals surface area (Å²) in [7, 11) is 1.50. The van der Waals surface area contributed by atoms with Crippen molar-refractivity contribution in [3.8, 4) is 5.75 Å². The first-order valence-electron chi connectivity index (χ1n) is 7.98. The molecule has 0 aromatic carbocycles. The number of nitrogens with zero attached hydrogens (tertiary/aromatic N) is 3. The van der Waals surface area contributed by atoms with E-state index in [9.17, 15) is 9.59 Å². The fourth-order valence-corrected chi connectivity index (χ4v) is 1.86. The number of aromatic nitrogens is 1. The average Bonchev–Trinajstić information content (AvgIpc) is 2.65. The fraction of sp³-hybridized carbons (Fsp3) is 0.278. The molecule has 0 aliphatic rings. The van der Waals surface area contributed by atoms with Crippen molar-refractivity contribution in [1.29, 1.82) is 0 Å².